The van der Waals surface area contributed by atoms with Crippen molar-refractivity contribution >= 4 is 11.8 Å². The zero-order valence-electron chi connectivity index (χ0n) is 15.5. The van der Waals surface area contributed by atoms with Gasteiger partial charge in [-0.05, 0) is 45.6 Å². The fourth-order valence-corrected chi connectivity index (χ4v) is 7.02. The van der Waals surface area contributed by atoms with Crippen LogP contribution in [0.15, 0.2) is 0 Å². The van der Waals surface area contributed by atoms with Crippen LogP contribution in [0.4, 0.5) is 0 Å². The molecule has 2 heteroatoms. The van der Waals surface area contributed by atoms with E-state index >= 15 is 0 Å². The molecular weight excluding hydrogens is 298 g/mol. The van der Waals surface area contributed by atoms with Gasteiger partial charge in [-0.3, -0.25) is 0 Å². The lowest BCUT2D eigenvalue weighted by molar-refractivity contribution is 0.128. The van der Waals surface area contributed by atoms with E-state index in [9.17, 15) is 0 Å². The molecule has 0 N–H and O–H groups in total. The molecule has 3 fully saturated rings. The van der Waals surface area contributed by atoms with Gasteiger partial charge in [0.05, 0.1) is 0 Å². The maximum atomic E-state index is 2.86. The van der Waals surface area contributed by atoms with E-state index < -0.39 is 0 Å². The average molecular weight is 338 g/mol. The summed E-state index contributed by atoms with van der Waals surface area (Å²) in [4.78, 5) is 2.86. The van der Waals surface area contributed by atoms with Crippen molar-refractivity contribution in [3.05, 3.63) is 0 Å². The van der Waals surface area contributed by atoms with Crippen molar-refractivity contribution in [1.29, 1.82) is 0 Å². The summed E-state index contributed by atoms with van der Waals surface area (Å²) in [6.07, 6.45) is 23.7. The highest BCUT2D eigenvalue weighted by atomic mass is 32.2. The van der Waals surface area contributed by atoms with Gasteiger partial charge in [0.1, 0.15) is 0 Å². The van der Waals surface area contributed by atoms with Gasteiger partial charge in [-0.15, -0.1) is 0 Å². The van der Waals surface area contributed by atoms with Crippen molar-refractivity contribution in [2.24, 2.45) is 0 Å². The second-order valence-corrected chi connectivity index (χ2v) is 10.1. The van der Waals surface area contributed by atoms with Crippen molar-refractivity contribution in [2.45, 2.75) is 125 Å². The number of hydrogen-bond donors (Lipinski definition) is 0. The number of hydrogen-bond acceptors (Lipinski definition) is 2. The Labute approximate surface area is 149 Å². The first-order valence-corrected chi connectivity index (χ1v) is 11.6. The van der Waals surface area contributed by atoms with E-state index in [2.05, 4.69) is 23.7 Å². The van der Waals surface area contributed by atoms with Crippen molar-refractivity contribution < 1.29 is 0 Å². The largest absolute Gasteiger partial charge is 0.300 e. The quantitative estimate of drug-likeness (QED) is 0.502. The van der Waals surface area contributed by atoms with Gasteiger partial charge < -0.3 is 4.90 Å². The summed E-state index contributed by atoms with van der Waals surface area (Å²) in [5.41, 5.74) is 0. The van der Waals surface area contributed by atoms with E-state index in [1.807, 2.05) is 0 Å². The molecule has 134 valence electrons. The average Bonchev–Trinajstić information content (AvgIpc) is 2.56. The molecule has 3 aliphatic rings. The molecule has 0 amide bonds. The van der Waals surface area contributed by atoms with Gasteiger partial charge in [-0.1, -0.05) is 64.2 Å². The molecule has 1 aliphatic heterocycles. The van der Waals surface area contributed by atoms with Crippen LogP contribution in [0, 0.1) is 0 Å². The van der Waals surface area contributed by atoms with Crippen LogP contribution < -0.4 is 0 Å². The molecule has 0 aromatic heterocycles. The molecule has 2 aliphatic carbocycles. The Morgan fingerprint density at radius 2 is 0.957 bits per heavy atom. The van der Waals surface area contributed by atoms with Gasteiger partial charge in [-0.2, -0.15) is 11.8 Å². The van der Waals surface area contributed by atoms with E-state index in [4.69, 9.17) is 0 Å². The number of rotatable bonds is 0. The predicted molar refractivity (Wildman–Crippen MR) is 104 cm³/mol. The Kier molecular flexibility index (Phi) is 7.64. The second-order valence-electron chi connectivity index (χ2n) is 8.51. The van der Waals surface area contributed by atoms with Crippen molar-refractivity contribution in [3.8, 4) is 0 Å². The van der Waals surface area contributed by atoms with E-state index in [0.717, 1.165) is 22.6 Å². The fourth-order valence-electron chi connectivity index (χ4n) is 5.20. The summed E-state index contributed by atoms with van der Waals surface area (Å²) in [5.74, 6) is 0. The van der Waals surface area contributed by atoms with Crippen LogP contribution in [0.25, 0.3) is 0 Å². The van der Waals surface area contributed by atoms with E-state index in [0.29, 0.717) is 0 Å². The Hall–Kier alpha value is 0.310. The normalized spacial score (nSPS) is 39.0. The minimum Gasteiger partial charge on any atom is -0.300 e. The molecule has 4 unspecified atom stereocenters. The predicted octanol–water partition coefficient (Wildman–Crippen LogP) is 6.41. The molecule has 0 spiro atoms. The van der Waals surface area contributed by atoms with Gasteiger partial charge in [-0.25, -0.2) is 0 Å². The van der Waals surface area contributed by atoms with Crippen LogP contribution in [0.5, 0.6) is 0 Å². The van der Waals surface area contributed by atoms with Crippen LogP contribution in [-0.4, -0.2) is 34.5 Å². The molecule has 1 heterocycles. The molecule has 1 nitrogen and oxygen atoms in total. The standard InChI is InChI=1S/C21H39NS/c1-22-18-12-8-4-2-6-10-14-20(16-18)23-21-15-11-7-3-5-9-13-19(22)17-21/h18-21H,2-17H2,1H3. The summed E-state index contributed by atoms with van der Waals surface area (Å²) in [5, 5.41) is 1.91. The van der Waals surface area contributed by atoms with Gasteiger partial charge in [0.2, 0.25) is 0 Å². The SMILES string of the molecule is CN1C2CCCCCCCC(C2)SC2CCCCCCCC1C2. The van der Waals surface area contributed by atoms with Crippen molar-refractivity contribution in [1.82, 2.24) is 4.90 Å². The topological polar surface area (TPSA) is 3.24 Å². The zero-order chi connectivity index (χ0) is 15.9. The van der Waals surface area contributed by atoms with Crippen LogP contribution in [0.2, 0.25) is 0 Å². The number of fused-ring (bicyclic) bond motifs is 4. The van der Waals surface area contributed by atoms with Gasteiger partial charge >= 0.3 is 0 Å². The third-order valence-electron chi connectivity index (χ3n) is 6.73. The summed E-state index contributed by atoms with van der Waals surface area (Å²) in [7, 11) is 2.48. The third-order valence-corrected chi connectivity index (χ3v) is 8.36. The first-order chi connectivity index (χ1) is 11.3. The molecular formula is C21H39NS. The lowest BCUT2D eigenvalue weighted by Gasteiger charge is -2.42. The Morgan fingerprint density at radius 3 is 1.43 bits per heavy atom. The van der Waals surface area contributed by atoms with Crippen molar-refractivity contribution in [3.63, 3.8) is 0 Å². The van der Waals surface area contributed by atoms with Crippen LogP contribution in [-0.2, 0) is 0 Å². The van der Waals surface area contributed by atoms with Crippen LogP contribution in [0.1, 0.15) is 103 Å². The molecule has 2 saturated carbocycles. The van der Waals surface area contributed by atoms with Crippen LogP contribution in [0.3, 0.4) is 0 Å². The Balaban J connectivity index is 1.72. The highest BCUT2D eigenvalue weighted by Crippen LogP contribution is 2.39. The monoisotopic (exact) mass is 337 g/mol. The van der Waals surface area contributed by atoms with E-state index in [1.54, 1.807) is 0 Å². The second kappa shape index (κ2) is 9.70. The van der Waals surface area contributed by atoms with Gasteiger partial charge in [0.15, 0.2) is 0 Å². The first kappa shape index (κ1) is 18.1. The summed E-state index contributed by atoms with van der Waals surface area (Å²) < 4.78 is 0. The molecule has 0 aromatic carbocycles. The fraction of sp³-hybridized carbons (Fsp3) is 1.00. The van der Waals surface area contributed by atoms with Gasteiger partial charge in [0.25, 0.3) is 0 Å². The zero-order valence-corrected chi connectivity index (χ0v) is 16.3. The lowest BCUT2D eigenvalue weighted by Crippen LogP contribution is -2.45. The van der Waals surface area contributed by atoms with Crippen molar-refractivity contribution in [2.75, 3.05) is 7.05 Å². The molecule has 3 rings (SSSR count). The molecule has 23 heavy (non-hydrogen) atoms. The summed E-state index contributed by atoms with van der Waals surface area (Å²) in [6, 6.07) is 1.75. The highest BCUT2D eigenvalue weighted by Gasteiger charge is 2.32. The minimum atomic E-state index is 0.875. The molecule has 4 atom stereocenters. The third kappa shape index (κ3) is 5.66. The number of nitrogens with zero attached hydrogens (tertiary/aromatic N) is 1. The lowest BCUT2D eigenvalue weighted by atomic mass is 9.91. The highest BCUT2D eigenvalue weighted by molar-refractivity contribution is 8.00. The smallest absolute Gasteiger partial charge is 0.0106 e. The molecule has 0 radical (unpaired) electrons. The Morgan fingerprint density at radius 1 is 0.565 bits per heavy atom. The molecule has 1 saturated heterocycles. The van der Waals surface area contributed by atoms with E-state index in [-0.39, 0.29) is 0 Å². The Bertz CT molecular complexity index is 302. The maximum Gasteiger partial charge on any atom is 0.0106 e. The summed E-state index contributed by atoms with van der Waals surface area (Å²) >= 11 is 2.43. The maximum absolute atomic E-state index is 2.86. The van der Waals surface area contributed by atoms with Crippen LogP contribution >= 0.6 is 11.8 Å². The van der Waals surface area contributed by atoms with E-state index in [1.165, 1.54) is 103 Å². The first-order valence-electron chi connectivity index (χ1n) is 10.7. The number of thioether (sulfide) groups is 1. The van der Waals surface area contributed by atoms with Gasteiger partial charge in [0, 0.05) is 22.6 Å². The minimum absolute atomic E-state index is 0.875. The molecule has 4 bridgehead atoms. The summed E-state index contributed by atoms with van der Waals surface area (Å²) in [6.45, 7) is 0. The molecule has 0 aromatic rings.